The zero-order chi connectivity index (χ0) is 13.7. The van der Waals surface area contributed by atoms with Crippen LogP contribution in [-0.2, 0) is 0 Å². The van der Waals surface area contributed by atoms with Crippen molar-refractivity contribution in [2.75, 3.05) is 17.2 Å². The van der Waals surface area contributed by atoms with E-state index >= 15 is 0 Å². The average Bonchev–Trinajstić information content (AvgIpc) is 2.39. The van der Waals surface area contributed by atoms with E-state index in [0.717, 1.165) is 10.9 Å². The standard InChI is InChI=1S/C9H8N2.C4H6N4/c10-9-6-5-7-3-1-2-4-8(7)11-9;5-3-1-2-7-4(6)8-3/h1-6H,(H2,10,11);1-2H,(H4,5,6,7,8). The van der Waals surface area contributed by atoms with Gasteiger partial charge < -0.3 is 17.2 Å². The molecule has 3 aromatic rings. The Morgan fingerprint density at radius 1 is 0.737 bits per heavy atom. The van der Waals surface area contributed by atoms with Gasteiger partial charge in [0.05, 0.1) is 5.52 Å². The summed E-state index contributed by atoms with van der Waals surface area (Å²) in [6.45, 7) is 0. The molecule has 1 aromatic carbocycles. The summed E-state index contributed by atoms with van der Waals surface area (Å²) in [5, 5.41) is 1.13. The smallest absolute Gasteiger partial charge is 0.221 e. The van der Waals surface area contributed by atoms with E-state index in [-0.39, 0.29) is 5.95 Å². The van der Waals surface area contributed by atoms with Gasteiger partial charge in [-0.2, -0.15) is 4.98 Å². The highest BCUT2D eigenvalue weighted by molar-refractivity contribution is 5.79. The molecule has 0 aliphatic heterocycles. The van der Waals surface area contributed by atoms with Gasteiger partial charge in [0.2, 0.25) is 5.95 Å². The van der Waals surface area contributed by atoms with Gasteiger partial charge in [0.25, 0.3) is 0 Å². The molecule has 0 radical (unpaired) electrons. The van der Waals surface area contributed by atoms with E-state index < -0.39 is 0 Å². The van der Waals surface area contributed by atoms with Gasteiger partial charge in [0.15, 0.2) is 0 Å². The van der Waals surface area contributed by atoms with E-state index in [0.29, 0.717) is 11.6 Å². The van der Waals surface area contributed by atoms with Crippen molar-refractivity contribution in [2.24, 2.45) is 0 Å². The Morgan fingerprint density at radius 2 is 1.47 bits per heavy atom. The maximum absolute atomic E-state index is 5.51. The van der Waals surface area contributed by atoms with Gasteiger partial charge in [-0.1, -0.05) is 18.2 Å². The molecule has 6 N–H and O–H groups in total. The van der Waals surface area contributed by atoms with Gasteiger partial charge in [-0.15, -0.1) is 0 Å². The van der Waals surface area contributed by atoms with Crippen LogP contribution in [0.5, 0.6) is 0 Å². The number of pyridine rings is 1. The number of rotatable bonds is 0. The fourth-order valence-corrected chi connectivity index (χ4v) is 1.47. The van der Waals surface area contributed by atoms with E-state index in [4.69, 9.17) is 17.2 Å². The van der Waals surface area contributed by atoms with Crippen molar-refractivity contribution >= 4 is 28.5 Å². The molecule has 0 unspecified atom stereocenters. The number of fused-ring (bicyclic) bond motifs is 1. The van der Waals surface area contributed by atoms with Crippen LogP contribution in [0.3, 0.4) is 0 Å². The molecule has 0 fully saturated rings. The minimum atomic E-state index is 0.213. The molecule has 2 heterocycles. The lowest BCUT2D eigenvalue weighted by molar-refractivity contribution is 1.19. The first-order chi connectivity index (χ1) is 9.15. The second-order valence-corrected chi connectivity index (χ2v) is 3.77. The van der Waals surface area contributed by atoms with Gasteiger partial charge in [-0.05, 0) is 24.3 Å². The number of nitrogens with two attached hydrogens (primary N) is 3. The van der Waals surface area contributed by atoms with E-state index in [1.165, 1.54) is 6.20 Å². The number of hydrogen-bond donors (Lipinski definition) is 3. The molecule has 0 bridgehead atoms. The first kappa shape index (κ1) is 12.6. The summed E-state index contributed by atoms with van der Waals surface area (Å²) in [7, 11) is 0. The molecule has 19 heavy (non-hydrogen) atoms. The number of benzene rings is 1. The Balaban J connectivity index is 0.000000148. The van der Waals surface area contributed by atoms with Gasteiger partial charge in [-0.3, -0.25) is 0 Å². The van der Waals surface area contributed by atoms with Crippen molar-refractivity contribution in [3.8, 4) is 0 Å². The van der Waals surface area contributed by atoms with Crippen LogP contribution in [0.2, 0.25) is 0 Å². The number of nitrogen functional groups attached to an aromatic ring is 3. The van der Waals surface area contributed by atoms with E-state index in [1.54, 1.807) is 6.07 Å². The molecular weight excluding hydrogens is 240 g/mol. The monoisotopic (exact) mass is 254 g/mol. The third-order valence-corrected chi connectivity index (χ3v) is 2.32. The molecule has 2 aromatic heterocycles. The largest absolute Gasteiger partial charge is 0.384 e. The molecule has 0 aliphatic rings. The fourth-order valence-electron chi connectivity index (χ4n) is 1.47. The summed E-state index contributed by atoms with van der Waals surface area (Å²) >= 11 is 0. The molecule has 0 amide bonds. The molecule has 6 heteroatoms. The fraction of sp³-hybridized carbons (Fsp3) is 0. The SMILES string of the molecule is Nc1ccc2ccccc2n1.Nc1ccnc(N)n1. The highest BCUT2D eigenvalue weighted by atomic mass is 15.0. The maximum Gasteiger partial charge on any atom is 0.221 e. The number of hydrogen-bond acceptors (Lipinski definition) is 6. The summed E-state index contributed by atoms with van der Waals surface area (Å²) in [6.07, 6.45) is 1.51. The average molecular weight is 254 g/mol. The first-order valence-corrected chi connectivity index (χ1v) is 5.60. The lowest BCUT2D eigenvalue weighted by Gasteiger charge is -1.95. The highest BCUT2D eigenvalue weighted by Gasteiger charge is 1.91. The van der Waals surface area contributed by atoms with Gasteiger partial charge >= 0.3 is 0 Å². The Hall–Kier alpha value is -2.89. The van der Waals surface area contributed by atoms with Crippen molar-refractivity contribution in [1.82, 2.24) is 15.0 Å². The van der Waals surface area contributed by atoms with Crippen molar-refractivity contribution in [2.45, 2.75) is 0 Å². The van der Waals surface area contributed by atoms with E-state index in [9.17, 15) is 0 Å². The van der Waals surface area contributed by atoms with Gasteiger partial charge in [-0.25, -0.2) is 9.97 Å². The van der Waals surface area contributed by atoms with Crippen LogP contribution < -0.4 is 17.2 Å². The zero-order valence-electron chi connectivity index (χ0n) is 10.2. The van der Waals surface area contributed by atoms with Crippen LogP contribution in [0.4, 0.5) is 17.6 Å². The number of para-hydroxylation sites is 1. The van der Waals surface area contributed by atoms with Crippen LogP contribution in [0.25, 0.3) is 10.9 Å². The first-order valence-electron chi connectivity index (χ1n) is 5.60. The molecule has 0 saturated heterocycles. The minimum Gasteiger partial charge on any atom is -0.384 e. The van der Waals surface area contributed by atoms with E-state index in [1.807, 2.05) is 36.4 Å². The van der Waals surface area contributed by atoms with Gasteiger partial charge in [0.1, 0.15) is 11.6 Å². The quantitative estimate of drug-likeness (QED) is 0.559. The highest BCUT2D eigenvalue weighted by Crippen LogP contribution is 2.11. The second-order valence-electron chi connectivity index (χ2n) is 3.77. The molecule has 3 rings (SSSR count). The van der Waals surface area contributed by atoms with Crippen molar-refractivity contribution in [3.63, 3.8) is 0 Å². The minimum absolute atomic E-state index is 0.213. The molecule has 0 atom stereocenters. The summed E-state index contributed by atoms with van der Waals surface area (Å²) in [5.74, 6) is 1.19. The molecule has 6 nitrogen and oxygen atoms in total. The lowest BCUT2D eigenvalue weighted by atomic mass is 10.2. The van der Waals surface area contributed by atoms with Crippen LogP contribution >= 0.6 is 0 Å². The normalized spacial score (nSPS) is 9.68. The predicted molar refractivity (Wildman–Crippen MR) is 77.0 cm³/mol. The molecule has 96 valence electrons. The predicted octanol–water partition coefficient (Wildman–Crippen LogP) is 1.46. The molecule has 0 saturated carbocycles. The maximum atomic E-state index is 5.51. The van der Waals surface area contributed by atoms with E-state index in [2.05, 4.69) is 15.0 Å². The molecule has 0 spiro atoms. The van der Waals surface area contributed by atoms with Gasteiger partial charge in [0, 0.05) is 11.6 Å². The molecule has 0 aliphatic carbocycles. The summed E-state index contributed by atoms with van der Waals surface area (Å²) < 4.78 is 0. The summed E-state index contributed by atoms with van der Waals surface area (Å²) in [5.41, 5.74) is 16.8. The van der Waals surface area contributed by atoms with Crippen LogP contribution in [0.1, 0.15) is 0 Å². The topological polar surface area (TPSA) is 117 Å². The number of nitrogens with zero attached hydrogens (tertiary/aromatic N) is 3. The van der Waals surface area contributed by atoms with Crippen molar-refractivity contribution in [3.05, 3.63) is 48.7 Å². The number of aromatic nitrogens is 3. The Labute approximate surface area is 110 Å². The van der Waals surface area contributed by atoms with Crippen LogP contribution in [-0.4, -0.2) is 15.0 Å². The van der Waals surface area contributed by atoms with Crippen LogP contribution in [0.15, 0.2) is 48.7 Å². The number of anilines is 3. The Kier molecular flexibility index (Phi) is 3.72. The Morgan fingerprint density at radius 3 is 2.16 bits per heavy atom. The Bertz CT molecular complexity index is 665. The second kappa shape index (κ2) is 5.63. The third kappa shape index (κ3) is 3.53. The molecular formula is C13H14N6. The third-order valence-electron chi connectivity index (χ3n) is 2.32. The van der Waals surface area contributed by atoms with Crippen molar-refractivity contribution < 1.29 is 0 Å². The summed E-state index contributed by atoms with van der Waals surface area (Å²) in [4.78, 5) is 11.4. The lowest BCUT2D eigenvalue weighted by Crippen LogP contribution is -1.96. The summed E-state index contributed by atoms with van der Waals surface area (Å²) in [6, 6.07) is 13.3. The van der Waals surface area contributed by atoms with Crippen LogP contribution in [0, 0.1) is 0 Å². The van der Waals surface area contributed by atoms with Crippen molar-refractivity contribution in [1.29, 1.82) is 0 Å². The zero-order valence-corrected chi connectivity index (χ0v) is 10.2.